The SMILES string of the molecule is C1CCOC1.CCO.CN(C)C(=O)C(c1ccc(OCc2ccccc2)cc1)C1(O)CCOCC1.CN(C)C(=O)Cc1ccc(O)cc1.CN(C)C(=O)Cc1ccc(OCc2ccccc2)cc1.CN(C)CC(c1ccc(O)cc1)C1(O)CCOCC1.CN(C)CC(c1ccc(OCc2ccccc2)cc1)C1(O)CCOCC1.O=C1CCOCC1.[AlH3].[H-].[Li+]. The number of ether oxygens (including phenoxy) is 8. The molecule has 0 aromatic heterocycles. The number of hydrogen-bond acceptors (Lipinski definition) is 20. The zero-order valence-electron chi connectivity index (χ0n) is 74.6. The van der Waals surface area contributed by atoms with E-state index in [4.69, 9.17) is 48.1 Å². The van der Waals surface area contributed by atoms with Gasteiger partial charge in [-0.3, -0.25) is 19.2 Å². The second-order valence-corrected chi connectivity index (χ2v) is 31.5. The molecule has 3 amide bonds. The van der Waals surface area contributed by atoms with Gasteiger partial charge in [0.2, 0.25) is 17.7 Å². The number of likely N-dealkylation sites (N-methyl/N-ethyl adjacent to an activating group) is 5. The summed E-state index contributed by atoms with van der Waals surface area (Å²) < 4.78 is 43.5. The summed E-state index contributed by atoms with van der Waals surface area (Å²) in [6.07, 6.45) is 8.18. The number of phenolic OH excluding ortho intramolecular Hbond substituents is 2. The van der Waals surface area contributed by atoms with E-state index in [9.17, 15) is 39.6 Å². The fourth-order valence-corrected chi connectivity index (χ4v) is 13.6. The summed E-state index contributed by atoms with van der Waals surface area (Å²) in [5.74, 6) is 2.76. The number of rotatable bonds is 24. The maximum atomic E-state index is 12.8. The topological polar surface area (TPSA) is 280 Å². The molecule has 3 atom stereocenters. The van der Waals surface area contributed by atoms with Gasteiger partial charge in [0.25, 0.3) is 0 Å². The number of nitrogens with zero attached hydrogens (tertiary/aromatic N) is 5. The van der Waals surface area contributed by atoms with Crippen LogP contribution in [0.2, 0.25) is 0 Å². The van der Waals surface area contributed by atoms with Crippen LogP contribution in [0.5, 0.6) is 28.7 Å². The molecule has 5 saturated heterocycles. The molecule has 6 N–H and O–H groups in total. The molecule has 3 unspecified atom stereocenters. The fourth-order valence-electron chi connectivity index (χ4n) is 13.6. The third-order valence-electron chi connectivity index (χ3n) is 20.7. The van der Waals surface area contributed by atoms with Crippen LogP contribution in [0.1, 0.15) is 135 Å². The molecule has 8 aromatic rings. The van der Waals surface area contributed by atoms with Crippen molar-refractivity contribution in [3.63, 3.8) is 0 Å². The van der Waals surface area contributed by atoms with Crippen LogP contribution >= 0.6 is 0 Å². The number of carbonyl (C=O) groups excluding carboxylic acids is 4. The maximum absolute atomic E-state index is 12.8. The standard InChI is InChI=1S/C22H27NO4.C22H29NO3.C17H19NO2.C15H23NO3.C10H13NO2.C5H8O2.C4H8O.C2H6O.Al.Li.4H/c1-23(2)21(24)20(22(25)12-14-26-15-13-22)18-8-10-19(11-9-18)27-16-17-6-4-3-5-7-17;1-23(2)16-21(22(24)12-14-25-15-13-22)19-8-10-20(11-9-19)26-17-18-6-4-3-5-7-18;1-18(2)17(19)12-14-8-10-16(11-9-14)20-13-15-6-4-3-5-7-15;1-16(2)11-14(12-3-5-13(17)6-4-12)15(18)7-9-19-10-8-15;1-11(2)10(13)7-8-3-5-9(12)6-4-8;6-5-1-3-7-4-2-5;1-2-4-5-3-1;1-2-3;;;;;;/h3-11,20,25H,12-16H2,1-2H3;3-11,21,24H,12-17H2,1-2H3;3-11H,12-13H2,1-2H3;3-6,14,17-18H,7-11H2,1-2H3;3-6,12H,7H2,1-2H3;1-4H2;1-4H2;3H,2H2,1H3;;;;;;/q;;;;;;;;;+1;;;;-1. The molecule has 0 aliphatic carbocycles. The first kappa shape index (κ1) is 106. The first-order valence-electron chi connectivity index (χ1n) is 41.6. The van der Waals surface area contributed by atoms with Crippen molar-refractivity contribution < 1.29 is 108 Å². The molecule has 25 heteroatoms. The van der Waals surface area contributed by atoms with Gasteiger partial charge in [-0.25, -0.2) is 0 Å². The van der Waals surface area contributed by atoms with Crippen molar-refractivity contribution in [2.24, 2.45) is 0 Å². The van der Waals surface area contributed by atoms with Gasteiger partial charge in [-0.2, -0.15) is 0 Å². The summed E-state index contributed by atoms with van der Waals surface area (Å²) in [7, 11) is 18.5. The summed E-state index contributed by atoms with van der Waals surface area (Å²) in [5.41, 5.74) is 5.78. The van der Waals surface area contributed by atoms with Crippen molar-refractivity contribution in [3.8, 4) is 28.7 Å². The smallest absolute Gasteiger partial charge is 1.00 e. The Kier molecular flexibility index (Phi) is 50.2. The zero-order chi connectivity index (χ0) is 87.1. The molecule has 8 aromatic carbocycles. The van der Waals surface area contributed by atoms with E-state index in [1.54, 1.807) is 95.4 Å². The third kappa shape index (κ3) is 39.6. The first-order chi connectivity index (χ1) is 57.6. The minimum absolute atomic E-state index is 0. The quantitative estimate of drug-likeness (QED) is 0.0308. The summed E-state index contributed by atoms with van der Waals surface area (Å²) in [6, 6.07) is 67.3. The molecular weight excluding hydrogens is 1560 g/mol. The van der Waals surface area contributed by atoms with Gasteiger partial charge in [0.1, 0.15) is 54.4 Å². The molecule has 5 aliphatic rings. The third-order valence-corrected chi connectivity index (χ3v) is 20.7. The predicted octanol–water partition coefficient (Wildman–Crippen LogP) is 9.02. The number of ketones is 1. The predicted molar refractivity (Wildman–Crippen MR) is 481 cm³/mol. The molecule has 662 valence electrons. The van der Waals surface area contributed by atoms with E-state index in [1.165, 1.54) is 17.7 Å². The molecule has 122 heavy (non-hydrogen) atoms. The fraction of sp³-hybridized carbons (Fsp3) is 0.464. The number of Topliss-reactive ketones (excluding diaryl/α,β-unsaturated/α-hetero) is 1. The van der Waals surface area contributed by atoms with Crippen LogP contribution in [0.4, 0.5) is 0 Å². The van der Waals surface area contributed by atoms with E-state index in [2.05, 4.69) is 34.1 Å². The summed E-state index contributed by atoms with van der Waals surface area (Å²) in [6.45, 7) is 11.8. The van der Waals surface area contributed by atoms with Gasteiger partial charge in [-0.05, 0) is 153 Å². The number of hydrogen-bond donors (Lipinski definition) is 6. The number of aromatic hydroxyl groups is 2. The number of amides is 3. The van der Waals surface area contributed by atoms with E-state index in [-0.39, 0.29) is 85.3 Å². The minimum Gasteiger partial charge on any atom is -1.00 e. The van der Waals surface area contributed by atoms with Gasteiger partial charge in [0, 0.05) is 178 Å². The molecule has 5 aliphatic heterocycles. The normalized spacial score (nSPS) is 15.9. The summed E-state index contributed by atoms with van der Waals surface area (Å²) in [5, 5.41) is 59.3. The van der Waals surface area contributed by atoms with Gasteiger partial charge in [0.05, 0.1) is 48.8 Å². The van der Waals surface area contributed by atoms with Crippen molar-refractivity contribution in [1.29, 1.82) is 0 Å². The monoisotopic (exact) mass is 1690 g/mol. The molecule has 5 fully saturated rings. The van der Waals surface area contributed by atoms with Crippen LogP contribution in [0, 0.1) is 0 Å². The number of carbonyl (C=O) groups is 4. The van der Waals surface area contributed by atoms with Crippen molar-refractivity contribution in [3.05, 3.63) is 257 Å². The molecule has 0 spiro atoms. The number of phenols is 2. The van der Waals surface area contributed by atoms with Crippen molar-refractivity contribution in [1.82, 2.24) is 24.5 Å². The van der Waals surface area contributed by atoms with Crippen LogP contribution in [0.25, 0.3) is 0 Å². The Morgan fingerprint density at radius 3 is 0.951 bits per heavy atom. The Hall–Kier alpha value is -8.47. The van der Waals surface area contributed by atoms with Crippen molar-refractivity contribution in [2.75, 3.05) is 156 Å². The second-order valence-electron chi connectivity index (χ2n) is 31.5. The second kappa shape index (κ2) is 57.9. The van der Waals surface area contributed by atoms with Crippen molar-refractivity contribution >= 4 is 40.9 Å². The number of aliphatic hydroxyl groups is 4. The van der Waals surface area contributed by atoms with E-state index >= 15 is 0 Å². The van der Waals surface area contributed by atoms with Gasteiger partial charge >= 0.3 is 18.9 Å². The van der Waals surface area contributed by atoms with Crippen LogP contribution in [-0.2, 0) is 75.5 Å². The van der Waals surface area contributed by atoms with Crippen LogP contribution < -0.4 is 33.1 Å². The average molecular weight is 1700 g/mol. The van der Waals surface area contributed by atoms with Crippen molar-refractivity contribution in [2.45, 2.75) is 138 Å². The Balaban J connectivity index is 0.000000383. The van der Waals surface area contributed by atoms with Gasteiger partial charge in [-0.1, -0.05) is 152 Å². The van der Waals surface area contributed by atoms with E-state index < -0.39 is 22.7 Å². The van der Waals surface area contributed by atoms with E-state index in [1.807, 2.05) is 180 Å². The summed E-state index contributed by atoms with van der Waals surface area (Å²) >= 11 is 0. The Morgan fingerprint density at radius 2 is 0.664 bits per heavy atom. The van der Waals surface area contributed by atoms with E-state index in [0.29, 0.717) is 143 Å². The Morgan fingerprint density at radius 1 is 0.385 bits per heavy atom. The van der Waals surface area contributed by atoms with E-state index in [0.717, 1.165) is 88.1 Å². The average Bonchev–Trinajstić information content (AvgIpc) is 1.16. The molecule has 13 rings (SSSR count). The number of benzene rings is 8. The molecular formula is C97H137AlLiN5O18. The van der Waals surface area contributed by atoms with Crippen LogP contribution in [-0.4, -0.2) is 269 Å². The molecule has 0 bridgehead atoms. The molecule has 23 nitrogen and oxygen atoms in total. The van der Waals surface area contributed by atoms with Crippen LogP contribution in [0.15, 0.2) is 212 Å². The Labute approximate surface area is 748 Å². The van der Waals surface area contributed by atoms with Gasteiger partial charge in [-0.15, -0.1) is 0 Å². The first-order valence-corrected chi connectivity index (χ1v) is 41.6. The number of aliphatic hydroxyl groups excluding tert-OH is 1. The molecule has 0 radical (unpaired) electrons. The molecule has 0 saturated carbocycles. The van der Waals surface area contributed by atoms with Crippen LogP contribution in [0.3, 0.4) is 0 Å². The maximum Gasteiger partial charge on any atom is 1.00 e. The minimum atomic E-state index is -1.09. The van der Waals surface area contributed by atoms with Gasteiger partial charge < -0.3 is 94.5 Å². The molecule has 5 heterocycles. The Bertz CT molecular complexity index is 4110. The van der Waals surface area contributed by atoms with Gasteiger partial charge in [0.15, 0.2) is 17.4 Å². The summed E-state index contributed by atoms with van der Waals surface area (Å²) in [4.78, 5) is 55.0. The zero-order valence-corrected chi connectivity index (χ0v) is 73.6. The largest absolute Gasteiger partial charge is 1.00 e.